The molecule has 0 atom stereocenters. The first-order valence-electron chi connectivity index (χ1n) is 6.37. The summed E-state index contributed by atoms with van der Waals surface area (Å²) in [4.78, 5) is 0.112. The highest BCUT2D eigenvalue weighted by Gasteiger charge is 2.16. The second-order valence-corrected chi connectivity index (χ2v) is 7.15. The molecular weight excluding hydrogens is 300 g/mol. The average molecular weight is 321 g/mol. The highest BCUT2D eigenvalue weighted by molar-refractivity contribution is 7.89. The van der Waals surface area contributed by atoms with Crippen molar-refractivity contribution in [3.8, 4) is 0 Å². The number of benzene rings is 1. The van der Waals surface area contributed by atoms with Crippen molar-refractivity contribution in [2.75, 3.05) is 25.5 Å². The fourth-order valence-corrected chi connectivity index (χ4v) is 2.81. The van der Waals surface area contributed by atoms with Gasteiger partial charge in [-0.25, -0.2) is 13.1 Å². The smallest absolute Gasteiger partial charge is 0.240 e. The highest BCUT2D eigenvalue weighted by atomic mass is 35.5. The number of aryl methyl sites for hydroxylation is 1. The van der Waals surface area contributed by atoms with Crippen LogP contribution in [0.2, 0.25) is 5.02 Å². The molecule has 7 heteroatoms. The van der Waals surface area contributed by atoms with Gasteiger partial charge in [0.15, 0.2) is 0 Å². The van der Waals surface area contributed by atoms with E-state index < -0.39 is 10.0 Å². The molecule has 0 unspecified atom stereocenters. The SMILES string of the molecule is Cc1cc(S(=O)(=O)NCCOCC(C)C)cc(N)c1Cl. The van der Waals surface area contributed by atoms with E-state index in [2.05, 4.69) is 4.72 Å². The molecule has 0 radical (unpaired) electrons. The molecule has 20 heavy (non-hydrogen) atoms. The van der Waals surface area contributed by atoms with Crippen LogP contribution in [-0.4, -0.2) is 28.2 Å². The van der Waals surface area contributed by atoms with Gasteiger partial charge in [0, 0.05) is 13.2 Å². The Hall–Kier alpha value is -0.820. The van der Waals surface area contributed by atoms with Gasteiger partial charge in [0.05, 0.1) is 22.2 Å². The van der Waals surface area contributed by atoms with Crippen LogP contribution < -0.4 is 10.5 Å². The van der Waals surface area contributed by atoms with E-state index in [0.29, 0.717) is 29.7 Å². The average Bonchev–Trinajstić information content (AvgIpc) is 2.34. The van der Waals surface area contributed by atoms with Crippen LogP contribution >= 0.6 is 11.6 Å². The molecule has 5 nitrogen and oxygen atoms in total. The minimum atomic E-state index is -3.59. The molecule has 0 aliphatic carbocycles. The first-order valence-corrected chi connectivity index (χ1v) is 8.23. The first kappa shape index (κ1) is 17.2. The van der Waals surface area contributed by atoms with Crippen LogP contribution in [0.3, 0.4) is 0 Å². The van der Waals surface area contributed by atoms with Gasteiger partial charge in [0.25, 0.3) is 0 Å². The van der Waals surface area contributed by atoms with Crippen molar-refractivity contribution >= 4 is 27.3 Å². The van der Waals surface area contributed by atoms with Crippen molar-refractivity contribution in [3.05, 3.63) is 22.7 Å². The Balaban J connectivity index is 2.65. The lowest BCUT2D eigenvalue weighted by Crippen LogP contribution is -2.28. The summed E-state index contributed by atoms with van der Waals surface area (Å²) in [5.74, 6) is 0.422. The number of hydrogen-bond acceptors (Lipinski definition) is 4. The fraction of sp³-hybridized carbons (Fsp3) is 0.538. The third-order valence-electron chi connectivity index (χ3n) is 2.56. The van der Waals surface area contributed by atoms with Gasteiger partial charge < -0.3 is 10.5 Å². The molecule has 1 aromatic rings. The Morgan fingerprint density at radius 3 is 2.60 bits per heavy atom. The normalized spacial score (nSPS) is 12.1. The Morgan fingerprint density at radius 1 is 1.40 bits per heavy atom. The van der Waals surface area contributed by atoms with E-state index in [-0.39, 0.29) is 17.1 Å². The summed E-state index contributed by atoms with van der Waals surface area (Å²) in [5.41, 5.74) is 6.56. The predicted octanol–water partition coefficient (Wildman–Crippen LogP) is 2.18. The zero-order chi connectivity index (χ0) is 15.3. The van der Waals surface area contributed by atoms with E-state index in [1.165, 1.54) is 12.1 Å². The number of anilines is 1. The predicted molar refractivity (Wildman–Crippen MR) is 81.4 cm³/mol. The second-order valence-electron chi connectivity index (χ2n) is 5.01. The van der Waals surface area contributed by atoms with Gasteiger partial charge in [-0.1, -0.05) is 25.4 Å². The van der Waals surface area contributed by atoms with Crippen molar-refractivity contribution in [1.82, 2.24) is 4.72 Å². The first-order chi connectivity index (χ1) is 9.24. The molecule has 0 amide bonds. The van der Waals surface area contributed by atoms with Gasteiger partial charge in [0.2, 0.25) is 10.0 Å². The highest BCUT2D eigenvalue weighted by Crippen LogP contribution is 2.26. The number of ether oxygens (including phenoxy) is 1. The third kappa shape index (κ3) is 4.94. The monoisotopic (exact) mass is 320 g/mol. The van der Waals surface area contributed by atoms with E-state index >= 15 is 0 Å². The summed E-state index contributed by atoms with van der Waals surface area (Å²) in [5, 5.41) is 0.379. The molecule has 0 bridgehead atoms. The number of nitrogens with two attached hydrogens (primary N) is 1. The fourth-order valence-electron chi connectivity index (χ4n) is 1.57. The molecule has 0 heterocycles. The lowest BCUT2D eigenvalue weighted by atomic mass is 10.2. The van der Waals surface area contributed by atoms with E-state index in [9.17, 15) is 8.42 Å². The van der Waals surface area contributed by atoms with E-state index in [1.54, 1.807) is 6.92 Å². The summed E-state index contributed by atoms with van der Waals surface area (Å²) in [6.07, 6.45) is 0. The number of nitrogen functional groups attached to an aromatic ring is 1. The number of sulfonamides is 1. The molecule has 1 aromatic carbocycles. The molecule has 1 rings (SSSR count). The molecule has 0 saturated carbocycles. The zero-order valence-electron chi connectivity index (χ0n) is 11.9. The largest absolute Gasteiger partial charge is 0.397 e. The summed E-state index contributed by atoms with van der Waals surface area (Å²) < 4.78 is 32.0. The lowest BCUT2D eigenvalue weighted by molar-refractivity contribution is 0.114. The maximum atomic E-state index is 12.1. The van der Waals surface area contributed by atoms with Crippen LogP contribution in [0.4, 0.5) is 5.69 Å². The Kier molecular flexibility index (Phi) is 6.26. The number of halogens is 1. The Bertz CT molecular complexity index is 536. The maximum Gasteiger partial charge on any atom is 0.240 e. The van der Waals surface area contributed by atoms with Gasteiger partial charge in [-0.15, -0.1) is 0 Å². The van der Waals surface area contributed by atoms with Gasteiger partial charge >= 0.3 is 0 Å². The van der Waals surface area contributed by atoms with Crippen LogP contribution in [0.25, 0.3) is 0 Å². The molecule has 0 aliphatic heterocycles. The Morgan fingerprint density at radius 2 is 2.05 bits per heavy atom. The summed E-state index contributed by atoms with van der Waals surface area (Å²) in [6.45, 7) is 6.93. The summed E-state index contributed by atoms with van der Waals surface area (Å²) in [6, 6.07) is 2.85. The number of hydrogen-bond donors (Lipinski definition) is 2. The molecule has 114 valence electrons. The molecule has 3 N–H and O–H groups in total. The molecule has 0 saturated heterocycles. The van der Waals surface area contributed by atoms with Gasteiger partial charge in [0.1, 0.15) is 0 Å². The van der Waals surface area contributed by atoms with Crippen molar-refractivity contribution < 1.29 is 13.2 Å². The molecule has 0 aromatic heterocycles. The van der Waals surface area contributed by atoms with Crippen LogP contribution in [0, 0.1) is 12.8 Å². The maximum absolute atomic E-state index is 12.1. The van der Waals surface area contributed by atoms with Crippen molar-refractivity contribution in [1.29, 1.82) is 0 Å². The standard InChI is InChI=1S/C13H21ClN2O3S/c1-9(2)8-19-5-4-16-20(17,18)11-6-10(3)13(14)12(15)7-11/h6-7,9,16H,4-5,8,15H2,1-3H3. The van der Waals surface area contributed by atoms with Crippen molar-refractivity contribution in [3.63, 3.8) is 0 Å². The molecule has 0 spiro atoms. The van der Waals surface area contributed by atoms with Crippen LogP contribution in [0.1, 0.15) is 19.4 Å². The molecule has 0 aliphatic rings. The minimum Gasteiger partial charge on any atom is -0.397 e. The van der Waals surface area contributed by atoms with Crippen LogP contribution in [-0.2, 0) is 14.8 Å². The van der Waals surface area contributed by atoms with Crippen LogP contribution in [0.5, 0.6) is 0 Å². The van der Waals surface area contributed by atoms with Crippen molar-refractivity contribution in [2.45, 2.75) is 25.7 Å². The van der Waals surface area contributed by atoms with E-state index in [1.807, 2.05) is 13.8 Å². The van der Waals surface area contributed by atoms with Gasteiger partial charge in [-0.2, -0.15) is 0 Å². The molecular formula is C13H21ClN2O3S. The molecule has 0 fully saturated rings. The topological polar surface area (TPSA) is 81.4 Å². The number of rotatable bonds is 7. The van der Waals surface area contributed by atoms with E-state index in [4.69, 9.17) is 22.1 Å². The quantitative estimate of drug-likeness (QED) is 0.596. The minimum absolute atomic E-state index is 0.112. The van der Waals surface area contributed by atoms with Crippen molar-refractivity contribution in [2.24, 2.45) is 5.92 Å². The van der Waals surface area contributed by atoms with Crippen LogP contribution in [0.15, 0.2) is 17.0 Å². The number of nitrogens with one attached hydrogen (secondary N) is 1. The zero-order valence-corrected chi connectivity index (χ0v) is 13.5. The summed E-state index contributed by atoms with van der Waals surface area (Å²) in [7, 11) is -3.59. The van der Waals surface area contributed by atoms with Gasteiger partial charge in [-0.05, 0) is 30.5 Å². The van der Waals surface area contributed by atoms with Gasteiger partial charge in [-0.3, -0.25) is 0 Å². The summed E-state index contributed by atoms with van der Waals surface area (Å²) >= 11 is 5.91. The lowest BCUT2D eigenvalue weighted by Gasteiger charge is -2.11. The second kappa shape index (κ2) is 7.26. The Labute approximate surface area is 125 Å². The van der Waals surface area contributed by atoms with E-state index in [0.717, 1.165) is 0 Å². The third-order valence-corrected chi connectivity index (χ3v) is 4.51.